The van der Waals surface area contributed by atoms with Crippen LogP contribution in [0.2, 0.25) is 0 Å². The molecule has 0 radical (unpaired) electrons. The Morgan fingerprint density at radius 1 is 1.25 bits per heavy atom. The third-order valence-corrected chi connectivity index (χ3v) is 2.40. The fraction of sp³-hybridized carbons (Fsp3) is 0.385. The van der Waals surface area contributed by atoms with E-state index in [4.69, 9.17) is 5.11 Å². The van der Waals surface area contributed by atoms with Crippen LogP contribution in [-0.4, -0.2) is 16.9 Å². The molecule has 0 amide bonds. The van der Waals surface area contributed by atoms with E-state index in [9.17, 15) is 9.59 Å². The van der Waals surface area contributed by atoms with Crippen molar-refractivity contribution < 1.29 is 14.7 Å². The molecule has 0 atom stereocenters. The first-order valence-electron chi connectivity index (χ1n) is 5.16. The van der Waals surface area contributed by atoms with Crippen LogP contribution in [0.1, 0.15) is 31.9 Å². The van der Waals surface area contributed by atoms with Gasteiger partial charge in [-0.3, -0.25) is 4.79 Å². The molecule has 16 heavy (non-hydrogen) atoms. The molecule has 3 heteroatoms. The van der Waals surface area contributed by atoms with Crippen LogP contribution in [0.25, 0.3) is 0 Å². The lowest BCUT2D eigenvalue weighted by molar-refractivity contribution is -0.148. The molecule has 0 spiro atoms. The number of Topliss-reactive ketones (excluding diaryl/α,β-unsaturated/α-hetero) is 1. The third kappa shape index (κ3) is 3.19. The zero-order valence-electron chi connectivity index (χ0n) is 9.78. The van der Waals surface area contributed by atoms with Gasteiger partial charge in [0, 0.05) is 6.42 Å². The van der Waals surface area contributed by atoms with Crippen LogP contribution in [-0.2, 0) is 21.4 Å². The van der Waals surface area contributed by atoms with Crippen LogP contribution in [0, 0.1) is 0 Å². The van der Waals surface area contributed by atoms with Crippen molar-refractivity contribution in [3.63, 3.8) is 0 Å². The minimum atomic E-state index is -1.37. The highest BCUT2D eigenvalue weighted by atomic mass is 16.4. The Morgan fingerprint density at radius 2 is 1.88 bits per heavy atom. The summed E-state index contributed by atoms with van der Waals surface area (Å²) in [7, 11) is 0. The van der Waals surface area contributed by atoms with Gasteiger partial charge >= 0.3 is 5.97 Å². The molecule has 1 rings (SSSR count). The van der Waals surface area contributed by atoms with Crippen LogP contribution in [0.15, 0.2) is 24.3 Å². The first-order valence-corrected chi connectivity index (χ1v) is 5.16. The highest BCUT2D eigenvalue weighted by Crippen LogP contribution is 2.22. The number of rotatable bonds is 3. The molecule has 0 aromatic heterocycles. The third-order valence-electron chi connectivity index (χ3n) is 2.40. The van der Waals surface area contributed by atoms with Gasteiger partial charge in [-0.05, 0) is 16.5 Å². The molecule has 0 aliphatic carbocycles. The number of aliphatic carboxylic acids is 1. The normalized spacial score (nSPS) is 11.2. The summed E-state index contributed by atoms with van der Waals surface area (Å²) >= 11 is 0. The smallest absolute Gasteiger partial charge is 0.372 e. The van der Waals surface area contributed by atoms with Crippen LogP contribution >= 0.6 is 0 Å². The number of carbonyl (C=O) groups is 2. The van der Waals surface area contributed by atoms with Crippen molar-refractivity contribution >= 4 is 11.8 Å². The van der Waals surface area contributed by atoms with Crippen molar-refractivity contribution in [3.8, 4) is 0 Å². The second kappa shape index (κ2) is 4.47. The molecule has 1 N–H and O–H groups in total. The number of hydrogen-bond acceptors (Lipinski definition) is 2. The molecular weight excluding hydrogens is 204 g/mol. The van der Waals surface area contributed by atoms with Gasteiger partial charge in [0.15, 0.2) is 0 Å². The average molecular weight is 220 g/mol. The fourth-order valence-corrected chi connectivity index (χ4v) is 1.41. The number of benzene rings is 1. The summed E-state index contributed by atoms with van der Waals surface area (Å²) in [6.45, 7) is 6.22. The minimum absolute atomic E-state index is 0.00226. The van der Waals surface area contributed by atoms with Crippen molar-refractivity contribution in [3.05, 3.63) is 35.4 Å². The van der Waals surface area contributed by atoms with Gasteiger partial charge in [-0.2, -0.15) is 0 Å². The van der Waals surface area contributed by atoms with Gasteiger partial charge in [0.05, 0.1) is 0 Å². The number of carboxylic acid groups (broad SMARTS) is 1. The number of ketones is 1. The van der Waals surface area contributed by atoms with E-state index in [2.05, 4.69) is 20.8 Å². The Morgan fingerprint density at radius 3 is 2.38 bits per heavy atom. The quantitative estimate of drug-likeness (QED) is 0.794. The van der Waals surface area contributed by atoms with E-state index in [1.54, 1.807) is 6.07 Å². The number of carboxylic acids is 1. The van der Waals surface area contributed by atoms with Crippen molar-refractivity contribution in [1.82, 2.24) is 0 Å². The highest BCUT2D eigenvalue weighted by molar-refractivity contribution is 6.33. The summed E-state index contributed by atoms with van der Waals surface area (Å²) in [6.07, 6.45) is -0.0424. The Hall–Kier alpha value is -1.64. The largest absolute Gasteiger partial charge is 0.475 e. The van der Waals surface area contributed by atoms with Gasteiger partial charge in [0.2, 0.25) is 5.78 Å². The molecule has 0 aliphatic rings. The second-order valence-corrected chi connectivity index (χ2v) is 4.86. The summed E-state index contributed by atoms with van der Waals surface area (Å²) in [6, 6.07) is 7.50. The topological polar surface area (TPSA) is 54.4 Å². The molecular formula is C13H16O3. The van der Waals surface area contributed by atoms with E-state index in [1.165, 1.54) is 0 Å². The molecule has 1 aromatic carbocycles. The number of carbonyl (C=O) groups excluding carboxylic acids is 1. The fourth-order valence-electron chi connectivity index (χ4n) is 1.41. The van der Waals surface area contributed by atoms with Gasteiger partial charge in [-0.25, -0.2) is 4.79 Å². The molecule has 0 heterocycles. The van der Waals surface area contributed by atoms with Crippen molar-refractivity contribution in [1.29, 1.82) is 0 Å². The summed E-state index contributed by atoms with van der Waals surface area (Å²) in [5, 5.41) is 8.52. The maximum absolute atomic E-state index is 11.1. The summed E-state index contributed by atoms with van der Waals surface area (Å²) in [4.78, 5) is 21.5. The van der Waals surface area contributed by atoms with Crippen molar-refractivity contribution in [2.24, 2.45) is 0 Å². The maximum Gasteiger partial charge on any atom is 0.372 e. The van der Waals surface area contributed by atoms with Gasteiger partial charge in [-0.1, -0.05) is 45.0 Å². The van der Waals surface area contributed by atoms with Crippen molar-refractivity contribution in [2.45, 2.75) is 32.6 Å². The van der Waals surface area contributed by atoms with E-state index in [1.807, 2.05) is 18.2 Å². The molecule has 0 unspecified atom stereocenters. The van der Waals surface area contributed by atoms with E-state index in [0.29, 0.717) is 0 Å². The van der Waals surface area contributed by atoms with Crippen molar-refractivity contribution in [2.75, 3.05) is 0 Å². The molecule has 0 saturated heterocycles. The highest BCUT2D eigenvalue weighted by Gasteiger charge is 2.16. The van der Waals surface area contributed by atoms with Gasteiger partial charge in [0.25, 0.3) is 0 Å². The monoisotopic (exact) mass is 220 g/mol. The zero-order valence-corrected chi connectivity index (χ0v) is 9.78. The second-order valence-electron chi connectivity index (χ2n) is 4.86. The first-order chi connectivity index (χ1) is 7.30. The van der Waals surface area contributed by atoms with Crippen LogP contribution < -0.4 is 0 Å². The Bertz CT molecular complexity index is 413. The van der Waals surface area contributed by atoms with E-state index in [-0.39, 0.29) is 11.8 Å². The lowest BCUT2D eigenvalue weighted by atomic mass is 9.86. The Balaban J connectivity index is 2.92. The standard InChI is InChI=1S/C13H16O3/c1-13(2,3)10-6-4-5-9(7-10)8-11(14)12(15)16/h4-7H,8H2,1-3H3,(H,15,16). The molecule has 0 bridgehead atoms. The predicted molar refractivity (Wildman–Crippen MR) is 61.5 cm³/mol. The number of hydrogen-bond donors (Lipinski definition) is 1. The van der Waals surface area contributed by atoms with Gasteiger partial charge < -0.3 is 5.11 Å². The summed E-state index contributed by atoms with van der Waals surface area (Å²) in [5.74, 6) is -2.15. The van der Waals surface area contributed by atoms with Crippen LogP contribution in [0.3, 0.4) is 0 Å². The van der Waals surface area contributed by atoms with E-state index >= 15 is 0 Å². The molecule has 3 nitrogen and oxygen atoms in total. The molecule has 1 aromatic rings. The van der Waals surface area contributed by atoms with Crippen LogP contribution in [0.5, 0.6) is 0 Å². The molecule has 0 aliphatic heterocycles. The average Bonchev–Trinajstić information content (AvgIpc) is 2.16. The van der Waals surface area contributed by atoms with Crippen LogP contribution in [0.4, 0.5) is 0 Å². The lowest BCUT2D eigenvalue weighted by Crippen LogP contribution is -2.16. The maximum atomic E-state index is 11.1. The first kappa shape index (κ1) is 12.4. The molecule has 0 saturated carbocycles. The summed E-state index contributed by atoms with van der Waals surface area (Å²) in [5.41, 5.74) is 1.85. The van der Waals surface area contributed by atoms with Gasteiger partial charge in [-0.15, -0.1) is 0 Å². The molecule has 86 valence electrons. The van der Waals surface area contributed by atoms with E-state index < -0.39 is 11.8 Å². The SMILES string of the molecule is CC(C)(C)c1cccc(CC(=O)C(=O)O)c1. The minimum Gasteiger partial charge on any atom is -0.475 e. The summed E-state index contributed by atoms with van der Waals surface area (Å²) < 4.78 is 0. The lowest BCUT2D eigenvalue weighted by Gasteiger charge is -2.19. The molecule has 0 fully saturated rings. The Labute approximate surface area is 95.1 Å². The van der Waals surface area contributed by atoms with Gasteiger partial charge in [0.1, 0.15) is 0 Å². The van der Waals surface area contributed by atoms with E-state index in [0.717, 1.165) is 11.1 Å². The Kier molecular flexibility index (Phi) is 3.48. The zero-order chi connectivity index (χ0) is 12.3. The predicted octanol–water partition coefficient (Wildman–Crippen LogP) is 2.18.